The number of hydrogen-bond acceptors (Lipinski definition) is 4. The van der Waals surface area contributed by atoms with Gasteiger partial charge in [0.25, 0.3) is 0 Å². The fraction of sp³-hybridized carbons (Fsp3) is 0.750. The lowest BCUT2D eigenvalue weighted by Gasteiger charge is -2.16. The number of rotatable bonds is 6. The quantitative estimate of drug-likeness (QED) is 0.618. The lowest BCUT2D eigenvalue weighted by molar-refractivity contribution is 0.341. The number of guanidine groups is 1. The average molecular weight is 307 g/mol. The normalized spacial score (nSPS) is 19.6. The minimum absolute atomic E-state index is 0.468. The van der Waals surface area contributed by atoms with Crippen LogP contribution in [0.4, 0.5) is 0 Å². The number of aryl methyl sites for hydroxylation is 2. The third kappa shape index (κ3) is 4.73. The van der Waals surface area contributed by atoms with Gasteiger partial charge in [0.05, 0.1) is 5.69 Å². The summed E-state index contributed by atoms with van der Waals surface area (Å²) in [5.74, 6) is 3.08. The van der Waals surface area contributed by atoms with E-state index in [0.717, 1.165) is 37.0 Å². The molecule has 0 aromatic carbocycles. The predicted octanol–water partition coefficient (Wildman–Crippen LogP) is 1.69. The third-order valence-corrected chi connectivity index (χ3v) is 4.16. The molecule has 0 saturated carbocycles. The SMILES string of the molecule is CCNC(=NCc1nc(C)c(C)o1)NCC1CCN(CC)C1. The van der Waals surface area contributed by atoms with Crippen LogP contribution in [0, 0.1) is 19.8 Å². The summed E-state index contributed by atoms with van der Waals surface area (Å²) in [6.07, 6.45) is 1.26. The Labute approximate surface area is 133 Å². The monoisotopic (exact) mass is 307 g/mol. The average Bonchev–Trinajstić information content (AvgIpc) is 3.09. The summed E-state index contributed by atoms with van der Waals surface area (Å²) in [6, 6.07) is 0. The highest BCUT2D eigenvalue weighted by atomic mass is 16.4. The molecule has 2 heterocycles. The van der Waals surface area contributed by atoms with Crippen LogP contribution in [0.3, 0.4) is 0 Å². The van der Waals surface area contributed by atoms with Crippen molar-refractivity contribution >= 4 is 5.96 Å². The maximum atomic E-state index is 5.57. The second-order valence-electron chi connectivity index (χ2n) is 5.87. The maximum Gasteiger partial charge on any atom is 0.216 e. The lowest BCUT2D eigenvalue weighted by Crippen LogP contribution is -2.40. The fourth-order valence-corrected chi connectivity index (χ4v) is 2.70. The van der Waals surface area contributed by atoms with Gasteiger partial charge >= 0.3 is 0 Å². The van der Waals surface area contributed by atoms with E-state index in [1.165, 1.54) is 19.5 Å². The van der Waals surface area contributed by atoms with Crippen LogP contribution >= 0.6 is 0 Å². The molecule has 2 rings (SSSR count). The van der Waals surface area contributed by atoms with E-state index >= 15 is 0 Å². The van der Waals surface area contributed by atoms with Crippen LogP contribution < -0.4 is 10.6 Å². The topological polar surface area (TPSA) is 65.7 Å². The van der Waals surface area contributed by atoms with Crippen LogP contribution in [0.5, 0.6) is 0 Å². The van der Waals surface area contributed by atoms with Crippen LogP contribution in [0.15, 0.2) is 9.41 Å². The van der Waals surface area contributed by atoms with E-state index in [0.29, 0.717) is 18.4 Å². The summed E-state index contributed by atoms with van der Waals surface area (Å²) in [5.41, 5.74) is 0.939. The number of likely N-dealkylation sites (tertiary alicyclic amines) is 1. The van der Waals surface area contributed by atoms with Crippen molar-refractivity contribution in [3.63, 3.8) is 0 Å². The molecule has 1 saturated heterocycles. The third-order valence-electron chi connectivity index (χ3n) is 4.16. The number of nitrogens with zero attached hydrogens (tertiary/aromatic N) is 3. The molecule has 0 spiro atoms. The molecule has 1 aliphatic heterocycles. The van der Waals surface area contributed by atoms with Crippen LogP contribution in [0.2, 0.25) is 0 Å². The second-order valence-corrected chi connectivity index (χ2v) is 5.87. The molecule has 6 heteroatoms. The Hall–Kier alpha value is -1.56. The zero-order chi connectivity index (χ0) is 15.9. The number of hydrogen-bond donors (Lipinski definition) is 2. The van der Waals surface area contributed by atoms with Gasteiger partial charge in [0, 0.05) is 19.6 Å². The van der Waals surface area contributed by atoms with E-state index in [2.05, 4.69) is 39.4 Å². The largest absolute Gasteiger partial charge is 0.444 e. The summed E-state index contributed by atoms with van der Waals surface area (Å²) in [4.78, 5) is 11.4. The molecule has 1 unspecified atom stereocenters. The number of aromatic nitrogens is 1. The maximum absolute atomic E-state index is 5.57. The molecular weight excluding hydrogens is 278 g/mol. The van der Waals surface area contributed by atoms with Crippen molar-refractivity contribution in [3.05, 3.63) is 17.3 Å². The summed E-state index contributed by atoms with van der Waals surface area (Å²) in [7, 11) is 0. The summed E-state index contributed by atoms with van der Waals surface area (Å²) in [5, 5.41) is 6.72. The predicted molar refractivity (Wildman–Crippen MR) is 89.0 cm³/mol. The van der Waals surface area contributed by atoms with Crippen LogP contribution in [-0.2, 0) is 6.54 Å². The molecule has 0 radical (unpaired) electrons. The van der Waals surface area contributed by atoms with Crippen LogP contribution in [0.1, 0.15) is 37.6 Å². The zero-order valence-electron chi connectivity index (χ0n) is 14.3. The molecule has 22 heavy (non-hydrogen) atoms. The smallest absolute Gasteiger partial charge is 0.216 e. The Kier molecular flexibility index (Phi) is 6.24. The first kappa shape index (κ1) is 16.8. The second kappa shape index (κ2) is 8.17. The molecule has 1 aromatic heterocycles. The molecule has 2 N–H and O–H groups in total. The highest BCUT2D eigenvalue weighted by Crippen LogP contribution is 2.14. The van der Waals surface area contributed by atoms with Crippen LogP contribution in [-0.4, -0.2) is 48.6 Å². The molecule has 1 atom stereocenters. The molecule has 0 aliphatic carbocycles. The van der Waals surface area contributed by atoms with Gasteiger partial charge in [-0.1, -0.05) is 6.92 Å². The molecule has 1 fully saturated rings. The van der Waals surface area contributed by atoms with Gasteiger partial charge in [-0.25, -0.2) is 9.98 Å². The molecule has 0 amide bonds. The molecule has 6 nitrogen and oxygen atoms in total. The van der Waals surface area contributed by atoms with E-state index in [4.69, 9.17) is 4.42 Å². The Balaban J connectivity index is 1.84. The molecular formula is C16H29N5O. The van der Waals surface area contributed by atoms with E-state index in [9.17, 15) is 0 Å². The van der Waals surface area contributed by atoms with Crippen molar-refractivity contribution in [1.29, 1.82) is 0 Å². The van der Waals surface area contributed by atoms with Gasteiger partial charge < -0.3 is 20.0 Å². The van der Waals surface area contributed by atoms with Crippen molar-refractivity contribution in [2.45, 2.75) is 40.7 Å². The van der Waals surface area contributed by atoms with Gasteiger partial charge in [0.2, 0.25) is 5.89 Å². The Morgan fingerprint density at radius 3 is 2.77 bits per heavy atom. The van der Waals surface area contributed by atoms with E-state index < -0.39 is 0 Å². The van der Waals surface area contributed by atoms with E-state index in [1.807, 2.05) is 13.8 Å². The Morgan fingerprint density at radius 1 is 1.36 bits per heavy atom. The van der Waals surface area contributed by atoms with Gasteiger partial charge in [-0.05, 0) is 46.2 Å². The Bertz CT molecular complexity index is 477. The van der Waals surface area contributed by atoms with Crippen molar-refractivity contribution < 1.29 is 4.42 Å². The number of nitrogens with one attached hydrogen (secondary N) is 2. The summed E-state index contributed by atoms with van der Waals surface area (Å²) in [6.45, 7) is 14.0. The van der Waals surface area contributed by atoms with Gasteiger partial charge in [-0.3, -0.25) is 0 Å². The standard InChI is InChI=1S/C16H29N5O/c1-5-17-16(18-9-14-7-8-21(6-2)11-14)19-10-15-20-12(3)13(4)22-15/h14H,5-11H2,1-4H3,(H2,17,18,19). The van der Waals surface area contributed by atoms with E-state index in [-0.39, 0.29) is 0 Å². The van der Waals surface area contributed by atoms with Crippen LogP contribution in [0.25, 0.3) is 0 Å². The Morgan fingerprint density at radius 2 is 2.18 bits per heavy atom. The molecule has 0 bridgehead atoms. The first-order valence-electron chi connectivity index (χ1n) is 8.29. The minimum atomic E-state index is 0.468. The first-order valence-corrected chi connectivity index (χ1v) is 8.29. The fourth-order valence-electron chi connectivity index (χ4n) is 2.70. The highest BCUT2D eigenvalue weighted by molar-refractivity contribution is 5.79. The van der Waals surface area contributed by atoms with Crippen molar-refractivity contribution in [2.24, 2.45) is 10.9 Å². The zero-order valence-corrected chi connectivity index (χ0v) is 14.3. The van der Waals surface area contributed by atoms with Gasteiger partial charge in [0.1, 0.15) is 12.3 Å². The molecule has 1 aliphatic rings. The molecule has 124 valence electrons. The van der Waals surface area contributed by atoms with Gasteiger partial charge in [-0.2, -0.15) is 0 Å². The van der Waals surface area contributed by atoms with Gasteiger partial charge in [-0.15, -0.1) is 0 Å². The number of oxazole rings is 1. The van der Waals surface area contributed by atoms with Crippen molar-refractivity contribution in [3.8, 4) is 0 Å². The number of aliphatic imine (C=N–C) groups is 1. The lowest BCUT2D eigenvalue weighted by atomic mass is 10.1. The first-order chi connectivity index (χ1) is 10.6. The highest BCUT2D eigenvalue weighted by Gasteiger charge is 2.21. The van der Waals surface area contributed by atoms with Gasteiger partial charge in [0.15, 0.2) is 5.96 Å². The molecule has 1 aromatic rings. The van der Waals surface area contributed by atoms with E-state index in [1.54, 1.807) is 0 Å². The van der Waals surface area contributed by atoms with Crippen molar-refractivity contribution in [2.75, 3.05) is 32.7 Å². The summed E-state index contributed by atoms with van der Waals surface area (Å²) >= 11 is 0. The van der Waals surface area contributed by atoms with Crippen molar-refractivity contribution in [1.82, 2.24) is 20.5 Å². The summed E-state index contributed by atoms with van der Waals surface area (Å²) < 4.78 is 5.57. The minimum Gasteiger partial charge on any atom is -0.444 e.